The van der Waals surface area contributed by atoms with Crippen molar-refractivity contribution >= 4 is 17.5 Å². The van der Waals surface area contributed by atoms with Crippen molar-refractivity contribution in [3.05, 3.63) is 33.9 Å². The number of nitrogens with zero attached hydrogens (tertiary/aromatic N) is 3. The lowest BCUT2D eigenvalue weighted by Crippen LogP contribution is -2.45. The predicted octanol–water partition coefficient (Wildman–Crippen LogP) is 1.72. The smallest absolute Gasteiger partial charge is 0.343 e. The molecule has 0 unspecified atom stereocenters. The molecule has 2 atom stereocenters. The van der Waals surface area contributed by atoms with Gasteiger partial charge in [-0.05, 0) is 39.7 Å². The number of rotatable bonds is 8. The molecule has 0 bridgehead atoms. The number of H-pyrrole nitrogens is 1. The Labute approximate surface area is 175 Å². The second-order valence-electron chi connectivity index (χ2n) is 7.92. The molecule has 2 aromatic rings. The van der Waals surface area contributed by atoms with Gasteiger partial charge in [0.1, 0.15) is 5.56 Å². The zero-order valence-corrected chi connectivity index (χ0v) is 17.9. The van der Waals surface area contributed by atoms with Crippen LogP contribution in [-0.2, 0) is 16.1 Å². The van der Waals surface area contributed by atoms with Gasteiger partial charge in [0.25, 0.3) is 5.56 Å². The van der Waals surface area contributed by atoms with Gasteiger partial charge in [-0.3, -0.25) is 19.6 Å². The summed E-state index contributed by atoms with van der Waals surface area (Å²) < 4.78 is 6.28. The SMILES string of the molecule is CCC[C@H](C)NC(=O)[C@@H]1CCCN(Cc2cc(=O)n3[nH]cc(C(=O)OCC)c3n2)C1. The minimum atomic E-state index is -0.517. The average Bonchev–Trinajstić information content (AvgIpc) is 3.13. The molecule has 1 aliphatic heterocycles. The first-order valence-electron chi connectivity index (χ1n) is 10.7. The van der Waals surface area contributed by atoms with E-state index in [9.17, 15) is 14.4 Å². The standard InChI is InChI=1S/C21H31N5O4/c1-4-7-14(3)23-20(28)15-8-6-9-25(12-15)13-16-10-18(27)26-19(24-16)17(11-22-26)21(29)30-5-2/h10-11,14-15,22H,4-9,12-13H2,1-3H3,(H,23,28)/t14-,15+/m0/s1. The van der Waals surface area contributed by atoms with Crippen molar-refractivity contribution in [2.75, 3.05) is 19.7 Å². The molecule has 0 spiro atoms. The lowest BCUT2D eigenvalue weighted by molar-refractivity contribution is -0.127. The van der Waals surface area contributed by atoms with Crippen LogP contribution < -0.4 is 10.9 Å². The number of ether oxygens (including phenoxy) is 1. The van der Waals surface area contributed by atoms with Crippen LogP contribution in [0, 0.1) is 5.92 Å². The van der Waals surface area contributed by atoms with Gasteiger partial charge in [0.2, 0.25) is 5.91 Å². The average molecular weight is 418 g/mol. The fraction of sp³-hybridized carbons (Fsp3) is 0.619. The third-order valence-corrected chi connectivity index (χ3v) is 5.42. The highest BCUT2D eigenvalue weighted by molar-refractivity contribution is 5.95. The summed E-state index contributed by atoms with van der Waals surface area (Å²) in [5, 5.41) is 5.86. The zero-order chi connectivity index (χ0) is 21.7. The molecular formula is C21H31N5O4. The molecule has 1 saturated heterocycles. The molecule has 0 aliphatic carbocycles. The Morgan fingerprint density at radius 2 is 2.20 bits per heavy atom. The minimum absolute atomic E-state index is 0.0646. The second-order valence-corrected chi connectivity index (χ2v) is 7.92. The molecule has 30 heavy (non-hydrogen) atoms. The van der Waals surface area contributed by atoms with Gasteiger partial charge in [-0.1, -0.05) is 13.3 Å². The lowest BCUT2D eigenvalue weighted by Gasteiger charge is -2.32. The van der Waals surface area contributed by atoms with Crippen molar-refractivity contribution in [2.45, 2.75) is 59.0 Å². The van der Waals surface area contributed by atoms with Gasteiger partial charge in [-0.25, -0.2) is 14.3 Å². The first kappa shape index (κ1) is 22.0. The molecule has 0 radical (unpaired) electrons. The lowest BCUT2D eigenvalue weighted by atomic mass is 9.96. The summed E-state index contributed by atoms with van der Waals surface area (Å²) >= 11 is 0. The fourth-order valence-corrected chi connectivity index (χ4v) is 3.98. The Morgan fingerprint density at radius 3 is 2.93 bits per heavy atom. The van der Waals surface area contributed by atoms with Crippen molar-refractivity contribution in [1.82, 2.24) is 24.8 Å². The number of nitrogens with one attached hydrogen (secondary N) is 2. The van der Waals surface area contributed by atoms with Crippen molar-refractivity contribution < 1.29 is 14.3 Å². The maximum absolute atomic E-state index is 12.6. The number of fused-ring (bicyclic) bond motifs is 1. The number of esters is 1. The van der Waals surface area contributed by atoms with Crippen LogP contribution in [-0.4, -0.2) is 57.1 Å². The van der Waals surface area contributed by atoms with E-state index in [2.05, 4.69) is 27.2 Å². The summed E-state index contributed by atoms with van der Waals surface area (Å²) in [6.07, 6.45) is 5.22. The second kappa shape index (κ2) is 9.88. The van der Waals surface area contributed by atoms with Crippen LogP contribution in [0.25, 0.3) is 5.65 Å². The van der Waals surface area contributed by atoms with Crippen LogP contribution >= 0.6 is 0 Å². The van der Waals surface area contributed by atoms with E-state index < -0.39 is 5.97 Å². The van der Waals surface area contributed by atoms with E-state index in [1.165, 1.54) is 16.8 Å². The molecule has 2 aromatic heterocycles. The Balaban J connectivity index is 1.72. The van der Waals surface area contributed by atoms with E-state index in [0.717, 1.165) is 32.2 Å². The van der Waals surface area contributed by atoms with Gasteiger partial charge in [-0.2, -0.15) is 0 Å². The van der Waals surface area contributed by atoms with E-state index in [-0.39, 0.29) is 41.2 Å². The normalized spacial score (nSPS) is 18.3. The van der Waals surface area contributed by atoms with Crippen LogP contribution in [0.2, 0.25) is 0 Å². The minimum Gasteiger partial charge on any atom is -0.462 e. The molecule has 3 heterocycles. The number of piperidine rings is 1. The molecule has 9 nitrogen and oxygen atoms in total. The number of hydrogen-bond acceptors (Lipinski definition) is 6. The maximum atomic E-state index is 12.6. The topological polar surface area (TPSA) is 109 Å². The monoisotopic (exact) mass is 417 g/mol. The number of aromatic amines is 1. The predicted molar refractivity (Wildman–Crippen MR) is 112 cm³/mol. The van der Waals surface area contributed by atoms with Crippen LogP contribution in [0.1, 0.15) is 62.5 Å². The highest BCUT2D eigenvalue weighted by Gasteiger charge is 2.27. The van der Waals surface area contributed by atoms with Crippen LogP contribution in [0.3, 0.4) is 0 Å². The Morgan fingerprint density at radius 1 is 1.40 bits per heavy atom. The van der Waals surface area contributed by atoms with Gasteiger partial charge in [0, 0.05) is 31.4 Å². The van der Waals surface area contributed by atoms with E-state index in [0.29, 0.717) is 18.8 Å². The van der Waals surface area contributed by atoms with Crippen LogP contribution in [0.4, 0.5) is 0 Å². The third-order valence-electron chi connectivity index (χ3n) is 5.42. The number of hydrogen-bond donors (Lipinski definition) is 2. The summed E-state index contributed by atoms with van der Waals surface area (Å²) in [5.41, 5.74) is 0.781. The Kier molecular flexibility index (Phi) is 7.25. The quantitative estimate of drug-likeness (QED) is 0.633. The summed E-state index contributed by atoms with van der Waals surface area (Å²) in [5.74, 6) is -0.485. The zero-order valence-electron chi connectivity index (χ0n) is 17.9. The van der Waals surface area contributed by atoms with Crippen molar-refractivity contribution in [3.8, 4) is 0 Å². The number of carbonyl (C=O) groups excluding carboxylic acids is 2. The summed E-state index contributed by atoms with van der Waals surface area (Å²) in [7, 11) is 0. The molecule has 3 rings (SSSR count). The number of likely N-dealkylation sites (tertiary alicyclic amines) is 1. The van der Waals surface area contributed by atoms with E-state index in [1.807, 2.05) is 6.92 Å². The highest BCUT2D eigenvalue weighted by atomic mass is 16.5. The van der Waals surface area contributed by atoms with Gasteiger partial charge >= 0.3 is 5.97 Å². The van der Waals surface area contributed by atoms with Gasteiger partial charge in [-0.15, -0.1) is 0 Å². The van der Waals surface area contributed by atoms with Gasteiger partial charge in [0.05, 0.1) is 18.2 Å². The molecule has 1 amide bonds. The first-order chi connectivity index (χ1) is 14.4. The largest absolute Gasteiger partial charge is 0.462 e. The van der Waals surface area contributed by atoms with Crippen molar-refractivity contribution in [2.24, 2.45) is 5.92 Å². The van der Waals surface area contributed by atoms with Gasteiger partial charge < -0.3 is 10.1 Å². The van der Waals surface area contributed by atoms with Crippen LogP contribution in [0.15, 0.2) is 17.1 Å². The highest BCUT2D eigenvalue weighted by Crippen LogP contribution is 2.19. The molecule has 9 heteroatoms. The van der Waals surface area contributed by atoms with Gasteiger partial charge in [0.15, 0.2) is 5.65 Å². The molecule has 0 saturated carbocycles. The van der Waals surface area contributed by atoms with E-state index in [4.69, 9.17) is 4.74 Å². The molecule has 0 aromatic carbocycles. The van der Waals surface area contributed by atoms with Crippen LogP contribution in [0.5, 0.6) is 0 Å². The molecule has 164 valence electrons. The maximum Gasteiger partial charge on any atom is 0.343 e. The number of amides is 1. The van der Waals surface area contributed by atoms with E-state index >= 15 is 0 Å². The molecule has 2 N–H and O–H groups in total. The Hall–Kier alpha value is -2.68. The number of carbonyl (C=O) groups is 2. The van der Waals surface area contributed by atoms with Crippen molar-refractivity contribution in [3.63, 3.8) is 0 Å². The molecule has 1 fully saturated rings. The summed E-state index contributed by atoms with van der Waals surface area (Å²) in [4.78, 5) is 43.8. The van der Waals surface area contributed by atoms with E-state index in [1.54, 1.807) is 6.92 Å². The molecule has 1 aliphatic rings. The summed E-state index contributed by atoms with van der Waals surface area (Å²) in [6.45, 7) is 8.03. The number of aromatic nitrogens is 3. The molecular weight excluding hydrogens is 386 g/mol. The fourth-order valence-electron chi connectivity index (χ4n) is 3.98. The van der Waals surface area contributed by atoms with Crippen molar-refractivity contribution in [1.29, 1.82) is 0 Å². The first-order valence-corrected chi connectivity index (χ1v) is 10.7. The summed E-state index contributed by atoms with van der Waals surface area (Å²) in [6, 6.07) is 1.64. The third kappa shape index (κ3) is 5.08. The Bertz CT molecular complexity index is 951.